The van der Waals surface area contributed by atoms with Crippen LogP contribution in [0.25, 0.3) is 0 Å². The molecule has 232 valence electrons. The summed E-state index contributed by atoms with van der Waals surface area (Å²) in [5, 5.41) is 6.55. The summed E-state index contributed by atoms with van der Waals surface area (Å²) in [4.78, 5) is 15.6. The van der Waals surface area contributed by atoms with Gasteiger partial charge in [0.2, 0.25) is 5.96 Å². The molecule has 8 nitrogen and oxygen atoms in total. The minimum atomic E-state index is -0.828. The highest BCUT2D eigenvalue weighted by atomic mass is 19.1. The molecule has 0 aromatic heterocycles. The number of hydrogen-bond acceptors (Lipinski definition) is 8. The molecule has 10 heteroatoms. The molecule has 0 bridgehead atoms. The number of aliphatic imine (C=N–C) groups is 2. The number of likely N-dealkylation sites (N-methyl/N-ethyl adjacent to an activating group) is 1. The molecule has 2 aliphatic rings. The first-order valence-corrected chi connectivity index (χ1v) is 14.4. The number of methoxy groups -OCH3 is 1. The van der Waals surface area contributed by atoms with Crippen LogP contribution in [0.5, 0.6) is 0 Å². The fourth-order valence-corrected chi connectivity index (χ4v) is 4.43. The van der Waals surface area contributed by atoms with Crippen LogP contribution >= 0.6 is 0 Å². The molecule has 0 spiro atoms. The Morgan fingerprint density at radius 3 is 2.52 bits per heavy atom. The summed E-state index contributed by atoms with van der Waals surface area (Å²) in [7, 11) is 9.29. The summed E-state index contributed by atoms with van der Waals surface area (Å²) in [6.45, 7) is 7.63. The van der Waals surface area contributed by atoms with Gasteiger partial charge in [-0.2, -0.15) is 4.99 Å². The van der Waals surface area contributed by atoms with Crippen molar-refractivity contribution in [2.75, 3.05) is 48.5 Å². The maximum atomic E-state index is 15.7. The van der Waals surface area contributed by atoms with Crippen molar-refractivity contribution in [3.63, 3.8) is 0 Å². The number of hydrogen-bond donors (Lipinski definition) is 2. The smallest absolute Gasteiger partial charge is 0.228 e. The van der Waals surface area contributed by atoms with E-state index in [9.17, 15) is 4.39 Å². The molecule has 0 saturated carbocycles. The van der Waals surface area contributed by atoms with Gasteiger partial charge < -0.3 is 30.1 Å². The topological polar surface area (TPSA) is 67.7 Å². The van der Waals surface area contributed by atoms with Crippen molar-refractivity contribution in [1.82, 2.24) is 25.3 Å². The summed E-state index contributed by atoms with van der Waals surface area (Å²) in [5.41, 5.74) is 2.33. The molecule has 0 aliphatic carbocycles. The molecule has 2 rings (SSSR count). The first kappa shape index (κ1) is 34.5. The molecule has 0 amide bonds. The molecule has 2 N–H and O–H groups in total. The van der Waals surface area contributed by atoms with E-state index in [4.69, 9.17) is 9.73 Å². The molecule has 0 fully saturated rings. The number of allylic oxidation sites excluding steroid dienone is 7. The molecule has 0 saturated heterocycles. The second-order valence-corrected chi connectivity index (χ2v) is 10.5. The Bertz CT molecular complexity index is 1190. The van der Waals surface area contributed by atoms with Crippen molar-refractivity contribution in [3.8, 4) is 0 Å². The highest BCUT2D eigenvalue weighted by Gasteiger charge is 2.33. The quantitative estimate of drug-likeness (QED) is 0.158. The first-order valence-electron chi connectivity index (χ1n) is 14.4. The van der Waals surface area contributed by atoms with E-state index in [-0.39, 0.29) is 36.3 Å². The summed E-state index contributed by atoms with van der Waals surface area (Å²) < 4.78 is 35.4. The van der Waals surface area contributed by atoms with Crippen molar-refractivity contribution in [2.45, 2.75) is 53.1 Å². The van der Waals surface area contributed by atoms with Crippen LogP contribution in [-0.2, 0) is 4.74 Å². The number of rotatable bonds is 13. The van der Waals surface area contributed by atoms with Gasteiger partial charge in [0.1, 0.15) is 24.5 Å². The number of nitrogens with one attached hydrogen (secondary N) is 2. The third kappa shape index (κ3) is 9.72. The molecular weight excluding hydrogens is 536 g/mol. The van der Waals surface area contributed by atoms with Gasteiger partial charge in [-0.15, -0.1) is 0 Å². The van der Waals surface area contributed by atoms with Crippen LogP contribution in [0.4, 0.5) is 8.78 Å². The molecule has 2 heterocycles. The van der Waals surface area contributed by atoms with Crippen LogP contribution < -0.4 is 10.6 Å². The first-order chi connectivity index (χ1) is 20.1. The Kier molecular flexibility index (Phi) is 14.3. The average Bonchev–Trinajstić information content (AvgIpc) is 3.22. The molecule has 42 heavy (non-hydrogen) atoms. The number of alkyl halides is 1. The van der Waals surface area contributed by atoms with Gasteiger partial charge >= 0.3 is 0 Å². The van der Waals surface area contributed by atoms with Crippen LogP contribution in [0.2, 0.25) is 0 Å². The lowest BCUT2D eigenvalue weighted by atomic mass is 9.97. The summed E-state index contributed by atoms with van der Waals surface area (Å²) in [6, 6.07) is 0. The Morgan fingerprint density at radius 2 is 1.90 bits per heavy atom. The predicted molar refractivity (Wildman–Crippen MR) is 171 cm³/mol. The Hall–Kier alpha value is -3.66. The van der Waals surface area contributed by atoms with Gasteiger partial charge in [0.25, 0.3) is 0 Å². The van der Waals surface area contributed by atoms with E-state index in [1.54, 1.807) is 19.2 Å². The standard InChI is InChI=1S/C32H49F2N7O/c1-10-11-12-14-28(34)26(27(22-33)25(4)42-9)21-30-40(8)19-20-41(30)31-23(2)16-17-36-32(38-31)37-29(24(3)35-5)15-13-18-39(6)7/h11-13,15-17,19-20,23,30,35H,10,14,18,21-22H2,1-9H3,(H,36,37)/b12-11-,15-13-,27-25+,28-26+,29-24-. The maximum absolute atomic E-state index is 15.7. The van der Waals surface area contributed by atoms with E-state index >= 15 is 4.39 Å². The van der Waals surface area contributed by atoms with Crippen LogP contribution in [0.3, 0.4) is 0 Å². The molecule has 2 aliphatic heterocycles. The van der Waals surface area contributed by atoms with E-state index in [2.05, 4.69) is 26.6 Å². The fraction of sp³-hybridized carbons (Fsp3) is 0.500. The monoisotopic (exact) mass is 585 g/mol. The zero-order valence-electron chi connectivity index (χ0n) is 26.7. The van der Waals surface area contributed by atoms with Crippen molar-refractivity contribution < 1.29 is 13.5 Å². The summed E-state index contributed by atoms with van der Waals surface area (Å²) in [5.74, 6) is 1.07. The highest BCUT2D eigenvalue weighted by molar-refractivity contribution is 6.00. The normalized spacial score (nSPS) is 21.0. The third-order valence-corrected chi connectivity index (χ3v) is 7.14. The van der Waals surface area contributed by atoms with Gasteiger partial charge in [0.15, 0.2) is 0 Å². The molecular formula is C32H49F2N7O. The van der Waals surface area contributed by atoms with Crippen molar-refractivity contribution in [2.24, 2.45) is 15.9 Å². The maximum Gasteiger partial charge on any atom is 0.228 e. The minimum Gasteiger partial charge on any atom is -0.501 e. The van der Waals surface area contributed by atoms with Crippen molar-refractivity contribution in [1.29, 1.82) is 0 Å². The molecule has 0 aromatic carbocycles. The lowest BCUT2D eigenvalue weighted by Gasteiger charge is -2.34. The van der Waals surface area contributed by atoms with Crippen molar-refractivity contribution in [3.05, 3.63) is 83.1 Å². The third-order valence-electron chi connectivity index (χ3n) is 7.14. The Balaban J connectivity index is 2.50. The Morgan fingerprint density at radius 1 is 1.17 bits per heavy atom. The van der Waals surface area contributed by atoms with Gasteiger partial charge in [-0.1, -0.05) is 38.2 Å². The van der Waals surface area contributed by atoms with Gasteiger partial charge in [-0.05, 0) is 46.0 Å². The van der Waals surface area contributed by atoms with E-state index in [1.807, 2.05) is 89.4 Å². The van der Waals surface area contributed by atoms with Crippen LogP contribution in [0, 0.1) is 5.92 Å². The van der Waals surface area contributed by atoms with E-state index in [0.717, 1.165) is 30.2 Å². The zero-order valence-corrected chi connectivity index (χ0v) is 26.7. The lowest BCUT2D eigenvalue weighted by Crippen LogP contribution is -2.43. The number of halogens is 2. The van der Waals surface area contributed by atoms with Crippen molar-refractivity contribution >= 4 is 11.8 Å². The summed E-state index contributed by atoms with van der Waals surface area (Å²) >= 11 is 0. The largest absolute Gasteiger partial charge is 0.501 e. The fourth-order valence-electron chi connectivity index (χ4n) is 4.43. The number of guanidine groups is 1. The highest BCUT2D eigenvalue weighted by Crippen LogP contribution is 2.32. The summed E-state index contributed by atoms with van der Waals surface area (Å²) in [6.07, 6.45) is 16.1. The van der Waals surface area contributed by atoms with Crippen LogP contribution in [0.15, 0.2) is 93.1 Å². The SMILES string of the molecule is CC/C=C\C/C(F)=C(CC1N(C)C=CN1C1=NC(NC(/C=C\CN(C)C)=C(/C)NC)=NC=CC1C)\C(CF)=C(/C)OC. The van der Waals surface area contributed by atoms with E-state index in [0.29, 0.717) is 17.3 Å². The lowest BCUT2D eigenvalue weighted by molar-refractivity contribution is 0.234. The number of amidine groups is 1. The molecule has 2 unspecified atom stereocenters. The predicted octanol–water partition coefficient (Wildman–Crippen LogP) is 5.97. The average molecular weight is 586 g/mol. The van der Waals surface area contributed by atoms with Gasteiger partial charge in [-0.25, -0.2) is 13.8 Å². The number of nitrogens with zero attached hydrogens (tertiary/aromatic N) is 5. The molecule has 0 aromatic rings. The van der Waals surface area contributed by atoms with E-state index < -0.39 is 6.67 Å². The van der Waals surface area contributed by atoms with Gasteiger partial charge in [0, 0.05) is 69.3 Å². The molecule has 0 radical (unpaired) electrons. The Labute approximate surface area is 251 Å². The second-order valence-electron chi connectivity index (χ2n) is 10.5. The zero-order chi connectivity index (χ0) is 31.2. The minimum absolute atomic E-state index is 0.0875. The van der Waals surface area contributed by atoms with Crippen LogP contribution in [0.1, 0.15) is 47.0 Å². The molecule has 2 atom stereocenters. The second kappa shape index (κ2) is 17.3. The van der Waals surface area contributed by atoms with Gasteiger partial charge in [-0.3, -0.25) is 0 Å². The van der Waals surface area contributed by atoms with Crippen LogP contribution in [-0.4, -0.2) is 81.2 Å². The van der Waals surface area contributed by atoms with Gasteiger partial charge in [0.05, 0.1) is 18.6 Å². The van der Waals surface area contributed by atoms with E-state index in [1.165, 1.54) is 7.11 Å². The number of ether oxygens (including phenoxy) is 1.